The average molecular weight is 301 g/mol. The van der Waals surface area contributed by atoms with Gasteiger partial charge in [-0.05, 0) is 18.6 Å². The van der Waals surface area contributed by atoms with Crippen molar-refractivity contribution in [1.82, 2.24) is 20.1 Å². The fraction of sp³-hybridized carbons (Fsp3) is 0.400. The molecule has 1 fully saturated rings. The first kappa shape index (κ1) is 14.7. The molecule has 0 saturated carbocycles. The Labute approximate surface area is 128 Å². The fourth-order valence-electron chi connectivity index (χ4n) is 2.52. The van der Waals surface area contributed by atoms with Gasteiger partial charge in [-0.25, -0.2) is 4.68 Å². The standard InChI is InChI=1S/C15H19N5O2/c1-2-13-17-15(18-14(22)12-8-11(21)9-16-12)19-20(13)10-6-4-3-5-7-10/h3-7,11-12,16,21H,2,8-9H2,1H3,(H,18,19,22)/t11-,12+/m1/s1. The van der Waals surface area contributed by atoms with Crippen LogP contribution in [0.15, 0.2) is 30.3 Å². The first-order chi connectivity index (χ1) is 10.7. The second kappa shape index (κ2) is 6.25. The summed E-state index contributed by atoms with van der Waals surface area (Å²) in [5, 5.41) is 19.5. The Bertz CT molecular complexity index is 655. The number of aliphatic hydroxyl groups excluding tert-OH is 1. The molecule has 1 aromatic carbocycles. The van der Waals surface area contributed by atoms with Crippen molar-refractivity contribution in [3.63, 3.8) is 0 Å². The number of carbonyl (C=O) groups is 1. The molecule has 0 spiro atoms. The number of para-hydroxylation sites is 1. The molecule has 0 radical (unpaired) electrons. The predicted molar refractivity (Wildman–Crippen MR) is 81.8 cm³/mol. The number of hydrogen-bond acceptors (Lipinski definition) is 5. The minimum atomic E-state index is -0.475. The topological polar surface area (TPSA) is 92.1 Å². The van der Waals surface area contributed by atoms with Crippen molar-refractivity contribution in [3.05, 3.63) is 36.2 Å². The van der Waals surface area contributed by atoms with Crippen LogP contribution in [-0.2, 0) is 11.2 Å². The number of rotatable bonds is 4. The Hall–Kier alpha value is -2.25. The lowest BCUT2D eigenvalue weighted by Crippen LogP contribution is -2.35. The maximum Gasteiger partial charge on any atom is 0.249 e. The molecule has 3 rings (SSSR count). The molecule has 0 aliphatic carbocycles. The van der Waals surface area contributed by atoms with Crippen LogP contribution in [0, 0.1) is 0 Å². The summed E-state index contributed by atoms with van der Waals surface area (Å²) in [5.74, 6) is 0.847. The minimum absolute atomic E-state index is 0.218. The molecule has 1 aliphatic rings. The second-order valence-corrected chi connectivity index (χ2v) is 5.29. The summed E-state index contributed by atoms with van der Waals surface area (Å²) in [5.41, 5.74) is 0.904. The van der Waals surface area contributed by atoms with E-state index in [1.54, 1.807) is 4.68 Å². The summed E-state index contributed by atoms with van der Waals surface area (Å²) in [6.07, 6.45) is 0.640. The molecular weight excluding hydrogens is 282 g/mol. The van der Waals surface area contributed by atoms with Crippen LogP contribution >= 0.6 is 0 Å². The first-order valence-corrected chi connectivity index (χ1v) is 7.41. The summed E-state index contributed by atoms with van der Waals surface area (Å²) in [6, 6.07) is 9.27. The zero-order valence-corrected chi connectivity index (χ0v) is 12.4. The van der Waals surface area contributed by atoms with Crippen LogP contribution < -0.4 is 10.6 Å². The molecule has 7 nitrogen and oxygen atoms in total. The molecular formula is C15H19N5O2. The third-order valence-corrected chi connectivity index (χ3v) is 3.65. The van der Waals surface area contributed by atoms with E-state index in [9.17, 15) is 9.90 Å². The summed E-state index contributed by atoms with van der Waals surface area (Å²) < 4.78 is 1.73. The van der Waals surface area contributed by atoms with Gasteiger partial charge in [0.1, 0.15) is 5.82 Å². The molecule has 0 unspecified atom stereocenters. The highest BCUT2D eigenvalue weighted by Crippen LogP contribution is 2.14. The Kier molecular flexibility index (Phi) is 4.17. The number of nitrogens with zero attached hydrogens (tertiary/aromatic N) is 3. The van der Waals surface area contributed by atoms with E-state index in [4.69, 9.17) is 0 Å². The number of amides is 1. The maximum atomic E-state index is 12.1. The molecule has 116 valence electrons. The fourth-order valence-corrected chi connectivity index (χ4v) is 2.52. The quantitative estimate of drug-likeness (QED) is 0.764. The normalized spacial score (nSPS) is 21.0. The number of aromatic nitrogens is 3. The molecule has 3 N–H and O–H groups in total. The summed E-state index contributed by atoms with van der Waals surface area (Å²) in [6.45, 7) is 2.42. The third-order valence-electron chi connectivity index (χ3n) is 3.65. The number of benzene rings is 1. The molecule has 2 atom stereocenters. The van der Waals surface area contributed by atoms with Gasteiger partial charge in [0, 0.05) is 13.0 Å². The van der Waals surface area contributed by atoms with Gasteiger partial charge in [0.2, 0.25) is 11.9 Å². The molecule has 0 bridgehead atoms. The van der Waals surface area contributed by atoms with Crippen LogP contribution in [0.5, 0.6) is 0 Å². The molecule has 1 aromatic heterocycles. The lowest BCUT2D eigenvalue weighted by atomic mass is 10.2. The largest absolute Gasteiger partial charge is 0.392 e. The highest BCUT2D eigenvalue weighted by molar-refractivity contribution is 5.93. The van der Waals surface area contributed by atoms with E-state index >= 15 is 0 Å². The highest BCUT2D eigenvalue weighted by Gasteiger charge is 2.28. The SMILES string of the molecule is CCc1nc(NC(=O)[C@@H]2C[C@@H](O)CN2)nn1-c1ccccc1. The molecule has 22 heavy (non-hydrogen) atoms. The Morgan fingerprint density at radius 2 is 2.23 bits per heavy atom. The van der Waals surface area contributed by atoms with Crippen LogP contribution in [0.1, 0.15) is 19.2 Å². The monoisotopic (exact) mass is 301 g/mol. The van der Waals surface area contributed by atoms with Gasteiger partial charge in [-0.2, -0.15) is 4.98 Å². The van der Waals surface area contributed by atoms with Crippen LogP contribution in [0.3, 0.4) is 0 Å². The zero-order valence-electron chi connectivity index (χ0n) is 12.4. The van der Waals surface area contributed by atoms with Gasteiger partial charge in [0.05, 0.1) is 17.8 Å². The van der Waals surface area contributed by atoms with Crippen LogP contribution in [0.4, 0.5) is 5.95 Å². The lowest BCUT2D eigenvalue weighted by Gasteiger charge is -2.07. The minimum Gasteiger partial charge on any atom is -0.392 e. The van der Waals surface area contributed by atoms with Crippen molar-refractivity contribution in [3.8, 4) is 5.69 Å². The van der Waals surface area contributed by atoms with E-state index in [0.717, 1.165) is 11.5 Å². The van der Waals surface area contributed by atoms with E-state index in [0.29, 0.717) is 19.4 Å². The number of anilines is 1. The number of nitrogens with one attached hydrogen (secondary N) is 2. The summed E-state index contributed by atoms with van der Waals surface area (Å²) in [4.78, 5) is 16.5. The lowest BCUT2D eigenvalue weighted by molar-refractivity contribution is -0.118. The number of β-amino-alcohol motifs (C(OH)–C–C–N with tert-alkyl or cyclic N) is 1. The van der Waals surface area contributed by atoms with Gasteiger partial charge in [0.25, 0.3) is 0 Å². The van der Waals surface area contributed by atoms with Gasteiger partial charge < -0.3 is 10.4 Å². The van der Waals surface area contributed by atoms with Crippen LogP contribution in [0.25, 0.3) is 5.69 Å². The molecule has 7 heteroatoms. The van der Waals surface area contributed by atoms with Crippen LogP contribution in [0.2, 0.25) is 0 Å². The molecule has 2 heterocycles. The number of aryl methyl sites for hydroxylation is 1. The van der Waals surface area contributed by atoms with E-state index in [1.165, 1.54) is 0 Å². The Balaban J connectivity index is 1.78. The van der Waals surface area contributed by atoms with Crippen molar-refractivity contribution >= 4 is 11.9 Å². The van der Waals surface area contributed by atoms with E-state index < -0.39 is 12.1 Å². The summed E-state index contributed by atoms with van der Waals surface area (Å²) in [7, 11) is 0. The zero-order chi connectivity index (χ0) is 15.5. The van der Waals surface area contributed by atoms with Crippen molar-refractivity contribution in [2.24, 2.45) is 0 Å². The smallest absolute Gasteiger partial charge is 0.249 e. The highest BCUT2D eigenvalue weighted by atomic mass is 16.3. The average Bonchev–Trinajstić information content (AvgIpc) is 3.14. The maximum absolute atomic E-state index is 12.1. The number of hydrogen-bond donors (Lipinski definition) is 3. The number of aliphatic hydroxyl groups is 1. The molecule has 1 saturated heterocycles. The van der Waals surface area contributed by atoms with Gasteiger partial charge in [-0.1, -0.05) is 25.1 Å². The number of carbonyl (C=O) groups excluding carboxylic acids is 1. The second-order valence-electron chi connectivity index (χ2n) is 5.29. The van der Waals surface area contributed by atoms with Crippen LogP contribution in [-0.4, -0.2) is 44.5 Å². The third kappa shape index (κ3) is 3.00. The van der Waals surface area contributed by atoms with Crippen molar-refractivity contribution in [2.75, 3.05) is 11.9 Å². The Morgan fingerprint density at radius 3 is 2.86 bits per heavy atom. The first-order valence-electron chi connectivity index (χ1n) is 7.41. The predicted octanol–water partition coefficient (Wildman–Crippen LogP) is 0.491. The van der Waals surface area contributed by atoms with Crippen molar-refractivity contribution in [2.45, 2.75) is 31.9 Å². The molecule has 2 aromatic rings. The van der Waals surface area contributed by atoms with Crippen molar-refractivity contribution < 1.29 is 9.90 Å². The van der Waals surface area contributed by atoms with Gasteiger partial charge >= 0.3 is 0 Å². The molecule has 1 amide bonds. The van der Waals surface area contributed by atoms with Crippen molar-refractivity contribution in [1.29, 1.82) is 0 Å². The summed E-state index contributed by atoms with van der Waals surface area (Å²) >= 11 is 0. The van der Waals surface area contributed by atoms with Gasteiger partial charge in [0.15, 0.2) is 0 Å². The van der Waals surface area contributed by atoms with Gasteiger partial charge in [-0.3, -0.25) is 10.1 Å². The van der Waals surface area contributed by atoms with E-state index in [1.807, 2.05) is 37.3 Å². The van der Waals surface area contributed by atoms with E-state index in [2.05, 4.69) is 20.7 Å². The van der Waals surface area contributed by atoms with E-state index in [-0.39, 0.29) is 11.9 Å². The Morgan fingerprint density at radius 1 is 1.45 bits per heavy atom. The van der Waals surface area contributed by atoms with Gasteiger partial charge in [-0.15, -0.1) is 5.10 Å². The molecule has 1 aliphatic heterocycles.